The number of ether oxygens (including phenoxy) is 1. The molecule has 1 aliphatic heterocycles. The Morgan fingerprint density at radius 2 is 1.82 bits per heavy atom. The van der Waals surface area contributed by atoms with Crippen molar-refractivity contribution in [1.82, 2.24) is 10.2 Å². The van der Waals surface area contributed by atoms with Gasteiger partial charge in [-0.1, -0.05) is 30.7 Å². The highest BCUT2D eigenvalue weighted by molar-refractivity contribution is 6.30. The summed E-state index contributed by atoms with van der Waals surface area (Å²) in [6.45, 7) is 3.64. The molecular formula is C17H19ClN2O2. The molecule has 1 aromatic carbocycles. The van der Waals surface area contributed by atoms with E-state index in [9.17, 15) is 0 Å². The van der Waals surface area contributed by atoms with Crippen molar-refractivity contribution in [2.75, 3.05) is 13.2 Å². The van der Waals surface area contributed by atoms with Crippen LogP contribution in [0, 0.1) is 5.92 Å². The number of nitrogens with zero attached hydrogens (tertiary/aromatic N) is 2. The Labute approximate surface area is 134 Å². The summed E-state index contributed by atoms with van der Waals surface area (Å²) in [6.07, 6.45) is 2.87. The fraction of sp³-hybridized carbons (Fsp3) is 0.529. The van der Waals surface area contributed by atoms with E-state index in [1.807, 2.05) is 12.1 Å². The topological polar surface area (TPSA) is 48.2 Å². The molecular weight excluding hydrogens is 300 g/mol. The van der Waals surface area contributed by atoms with Gasteiger partial charge in [0.2, 0.25) is 11.8 Å². The van der Waals surface area contributed by atoms with Gasteiger partial charge in [-0.3, -0.25) is 0 Å². The summed E-state index contributed by atoms with van der Waals surface area (Å²) in [5.74, 6) is 2.63. The second kappa shape index (κ2) is 5.36. The first-order valence-electron chi connectivity index (χ1n) is 7.87. The molecule has 0 N–H and O–H groups in total. The van der Waals surface area contributed by atoms with Crippen molar-refractivity contribution in [1.29, 1.82) is 0 Å². The van der Waals surface area contributed by atoms with E-state index in [0.717, 1.165) is 36.1 Å². The molecule has 0 spiro atoms. The van der Waals surface area contributed by atoms with Gasteiger partial charge in [-0.15, -0.1) is 10.2 Å². The molecule has 1 saturated carbocycles. The third kappa shape index (κ3) is 2.34. The van der Waals surface area contributed by atoms with Gasteiger partial charge < -0.3 is 9.15 Å². The monoisotopic (exact) mass is 318 g/mol. The second-order valence-electron chi connectivity index (χ2n) is 6.47. The maximum absolute atomic E-state index is 6.09. The summed E-state index contributed by atoms with van der Waals surface area (Å²) in [7, 11) is 0. The maximum Gasteiger partial charge on any atom is 0.227 e. The van der Waals surface area contributed by atoms with E-state index < -0.39 is 0 Å². The number of aromatic nitrogens is 2. The summed E-state index contributed by atoms with van der Waals surface area (Å²) in [4.78, 5) is 0. The minimum atomic E-state index is -0.244. The van der Waals surface area contributed by atoms with Crippen molar-refractivity contribution in [3.8, 4) is 0 Å². The number of benzene rings is 1. The van der Waals surface area contributed by atoms with Crippen molar-refractivity contribution >= 4 is 11.6 Å². The van der Waals surface area contributed by atoms with Crippen molar-refractivity contribution in [2.45, 2.75) is 37.5 Å². The minimum Gasteiger partial charge on any atom is -0.424 e. The van der Waals surface area contributed by atoms with Crippen LogP contribution in [0.1, 0.15) is 49.4 Å². The van der Waals surface area contributed by atoms with E-state index >= 15 is 0 Å². The predicted molar refractivity (Wildman–Crippen MR) is 83.1 cm³/mol. The summed E-state index contributed by atoms with van der Waals surface area (Å²) in [5.41, 5.74) is 0.936. The van der Waals surface area contributed by atoms with Crippen LogP contribution in [-0.2, 0) is 10.2 Å². The summed E-state index contributed by atoms with van der Waals surface area (Å²) < 4.78 is 11.7. The maximum atomic E-state index is 6.09. The molecule has 1 aliphatic carbocycles. The van der Waals surface area contributed by atoms with Crippen LogP contribution in [0.4, 0.5) is 0 Å². The van der Waals surface area contributed by atoms with Crippen LogP contribution >= 0.6 is 11.6 Å². The molecule has 116 valence electrons. The van der Waals surface area contributed by atoms with E-state index in [1.54, 1.807) is 0 Å². The molecule has 2 heterocycles. The highest BCUT2D eigenvalue weighted by Crippen LogP contribution is 2.48. The molecule has 0 amide bonds. The van der Waals surface area contributed by atoms with Crippen LogP contribution in [0.3, 0.4) is 0 Å². The van der Waals surface area contributed by atoms with Crippen molar-refractivity contribution in [3.63, 3.8) is 0 Å². The van der Waals surface area contributed by atoms with Crippen LogP contribution in [-0.4, -0.2) is 23.4 Å². The number of rotatable bonds is 3. The van der Waals surface area contributed by atoms with Crippen LogP contribution in [0.5, 0.6) is 0 Å². The number of halogens is 1. The van der Waals surface area contributed by atoms with Gasteiger partial charge in [-0.25, -0.2) is 0 Å². The third-order valence-corrected chi connectivity index (χ3v) is 5.27. The first kappa shape index (κ1) is 14.2. The lowest BCUT2D eigenvalue weighted by atomic mass is 9.74. The normalized spacial score (nSPS) is 26.8. The Hall–Kier alpha value is -1.39. The Morgan fingerprint density at radius 3 is 2.45 bits per heavy atom. The lowest BCUT2D eigenvalue weighted by Gasteiger charge is -2.34. The Bertz CT molecular complexity index is 662. The number of hydrogen-bond acceptors (Lipinski definition) is 4. The van der Waals surface area contributed by atoms with Crippen LogP contribution in [0.15, 0.2) is 28.7 Å². The third-order valence-electron chi connectivity index (χ3n) is 5.02. The molecule has 4 rings (SSSR count). The number of hydrogen-bond donors (Lipinski definition) is 0. The fourth-order valence-corrected chi connectivity index (χ4v) is 3.48. The Kier molecular flexibility index (Phi) is 3.46. The van der Waals surface area contributed by atoms with Gasteiger partial charge in [0.15, 0.2) is 0 Å². The quantitative estimate of drug-likeness (QED) is 0.860. The first-order chi connectivity index (χ1) is 10.7. The van der Waals surface area contributed by atoms with Crippen molar-refractivity contribution in [3.05, 3.63) is 46.6 Å². The van der Waals surface area contributed by atoms with Gasteiger partial charge in [-0.05, 0) is 42.9 Å². The van der Waals surface area contributed by atoms with Crippen LogP contribution in [0.25, 0.3) is 0 Å². The smallest absolute Gasteiger partial charge is 0.227 e. The lowest BCUT2D eigenvalue weighted by Crippen LogP contribution is -2.35. The molecule has 1 aromatic heterocycles. The minimum absolute atomic E-state index is 0.244. The fourth-order valence-electron chi connectivity index (χ4n) is 3.36. The average molecular weight is 319 g/mol. The highest BCUT2D eigenvalue weighted by Gasteiger charge is 2.44. The SMILES string of the molecule is C[C@H]1C[C@H]1c1nnc(C2(c3ccc(Cl)cc3)CCOCC2)o1. The van der Waals surface area contributed by atoms with E-state index in [0.29, 0.717) is 25.0 Å². The molecule has 0 unspecified atom stereocenters. The average Bonchev–Trinajstić information content (AvgIpc) is 3.08. The molecule has 1 saturated heterocycles. The molecule has 0 bridgehead atoms. The molecule has 22 heavy (non-hydrogen) atoms. The van der Waals surface area contributed by atoms with Crippen molar-refractivity contribution in [2.24, 2.45) is 5.92 Å². The zero-order chi connectivity index (χ0) is 15.2. The van der Waals surface area contributed by atoms with Gasteiger partial charge in [0.25, 0.3) is 0 Å². The van der Waals surface area contributed by atoms with E-state index in [2.05, 4.69) is 29.3 Å². The van der Waals surface area contributed by atoms with Gasteiger partial charge in [-0.2, -0.15) is 0 Å². The van der Waals surface area contributed by atoms with Crippen LogP contribution in [0.2, 0.25) is 5.02 Å². The van der Waals surface area contributed by atoms with Gasteiger partial charge in [0.05, 0.1) is 5.41 Å². The highest BCUT2D eigenvalue weighted by atomic mass is 35.5. The van der Waals surface area contributed by atoms with E-state index in [4.69, 9.17) is 20.8 Å². The zero-order valence-corrected chi connectivity index (χ0v) is 13.3. The Morgan fingerprint density at radius 1 is 1.14 bits per heavy atom. The zero-order valence-electron chi connectivity index (χ0n) is 12.6. The van der Waals surface area contributed by atoms with Gasteiger partial charge in [0, 0.05) is 24.2 Å². The first-order valence-corrected chi connectivity index (χ1v) is 8.24. The lowest BCUT2D eigenvalue weighted by molar-refractivity contribution is 0.0540. The summed E-state index contributed by atoms with van der Waals surface area (Å²) in [6, 6.07) is 7.98. The molecule has 2 aromatic rings. The molecule has 4 nitrogen and oxygen atoms in total. The largest absolute Gasteiger partial charge is 0.424 e. The molecule has 0 radical (unpaired) electrons. The molecule has 5 heteroatoms. The van der Waals surface area contributed by atoms with Gasteiger partial charge >= 0.3 is 0 Å². The van der Waals surface area contributed by atoms with E-state index in [-0.39, 0.29) is 5.41 Å². The summed E-state index contributed by atoms with van der Waals surface area (Å²) >= 11 is 6.04. The van der Waals surface area contributed by atoms with Gasteiger partial charge in [0.1, 0.15) is 0 Å². The molecule has 2 atom stereocenters. The standard InChI is InChI=1S/C17H19ClN2O2/c1-11-10-14(11)15-19-20-16(22-15)17(6-8-21-9-7-17)12-2-4-13(18)5-3-12/h2-5,11,14H,6-10H2,1H3/t11-,14+/m0/s1. The predicted octanol–water partition coefficient (Wildman–Crippen LogP) is 3.94. The molecule has 2 fully saturated rings. The summed E-state index contributed by atoms with van der Waals surface area (Å²) in [5, 5.41) is 9.45. The second-order valence-corrected chi connectivity index (χ2v) is 6.90. The molecule has 2 aliphatic rings. The Balaban J connectivity index is 1.74. The van der Waals surface area contributed by atoms with Crippen molar-refractivity contribution < 1.29 is 9.15 Å². The van der Waals surface area contributed by atoms with E-state index in [1.165, 1.54) is 5.56 Å². The van der Waals surface area contributed by atoms with Crippen LogP contribution < -0.4 is 0 Å².